The highest BCUT2D eigenvalue weighted by atomic mass is 127. The van der Waals surface area contributed by atoms with Crippen LogP contribution in [0.25, 0.3) is 11.3 Å². The van der Waals surface area contributed by atoms with Crippen molar-refractivity contribution in [3.05, 3.63) is 55.7 Å². The molecule has 0 aliphatic rings. The highest BCUT2D eigenvalue weighted by molar-refractivity contribution is 14.1. The summed E-state index contributed by atoms with van der Waals surface area (Å²) in [7, 11) is 6.55. The minimum Gasteiger partial charge on any atom is -0.493 e. The van der Waals surface area contributed by atoms with Crippen molar-refractivity contribution in [2.75, 3.05) is 28.4 Å². The summed E-state index contributed by atoms with van der Waals surface area (Å²) >= 11 is 3.81. The van der Waals surface area contributed by atoms with Gasteiger partial charge in [-0.25, -0.2) is 4.68 Å². The van der Waals surface area contributed by atoms with Crippen LogP contribution in [0.1, 0.15) is 5.56 Å². The molecule has 0 saturated carbocycles. The fraction of sp³-hybridized carbons (Fsp3) is 0.200. The Labute approximate surface area is 181 Å². The molecule has 0 aliphatic carbocycles. The largest absolute Gasteiger partial charge is 0.493 e. The van der Waals surface area contributed by atoms with Gasteiger partial charge < -0.3 is 14.2 Å². The number of ether oxygens (including phenoxy) is 3. The zero-order chi connectivity index (χ0) is 20.1. The number of rotatable bonds is 6. The monoisotopic (exact) mass is 509 g/mol. The van der Waals surface area contributed by atoms with E-state index in [0.29, 0.717) is 17.2 Å². The molecule has 2 aromatic carbocycles. The van der Waals surface area contributed by atoms with Gasteiger partial charge in [-0.1, -0.05) is 18.2 Å². The Morgan fingerprint density at radius 3 is 2.29 bits per heavy atom. The lowest BCUT2D eigenvalue weighted by Gasteiger charge is -2.14. The second-order valence-electron chi connectivity index (χ2n) is 5.62. The van der Waals surface area contributed by atoms with Gasteiger partial charge in [-0.3, -0.25) is 4.99 Å². The number of aromatic nitrogens is 1. The molecule has 0 N–H and O–H groups in total. The predicted molar refractivity (Wildman–Crippen MR) is 121 cm³/mol. The number of hydrogen-bond acceptors (Lipinski definition) is 6. The van der Waals surface area contributed by atoms with Gasteiger partial charge in [0.05, 0.1) is 33.2 Å². The van der Waals surface area contributed by atoms with Crippen molar-refractivity contribution < 1.29 is 14.2 Å². The smallest absolute Gasteiger partial charge is 0.205 e. The average Bonchev–Trinajstić information content (AvgIpc) is 3.14. The van der Waals surface area contributed by atoms with E-state index in [9.17, 15) is 0 Å². The molecule has 0 saturated heterocycles. The summed E-state index contributed by atoms with van der Waals surface area (Å²) in [6, 6.07) is 11.9. The molecule has 0 aliphatic heterocycles. The quantitative estimate of drug-likeness (QED) is 0.369. The average molecular weight is 509 g/mol. The number of methoxy groups -OCH3 is 3. The Kier molecular flexibility index (Phi) is 6.74. The van der Waals surface area contributed by atoms with Crippen molar-refractivity contribution >= 4 is 40.1 Å². The van der Waals surface area contributed by atoms with Crippen LogP contribution in [-0.2, 0) is 0 Å². The summed E-state index contributed by atoms with van der Waals surface area (Å²) in [5.74, 6) is 1.73. The lowest BCUT2D eigenvalue weighted by atomic mass is 10.1. The van der Waals surface area contributed by atoms with Crippen LogP contribution in [0, 0.1) is 3.57 Å². The lowest BCUT2D eigenvalue weighted by molar-refractivity contribution is 0.324. The summed E-state index contributed by atoms with van der Waals surface area (Å²) in [4.78, 5) is 5.13. The molecular formula is C20H20IN3O3S. The fourth-order valence-corrected chi connectivity index (χ4v) is 4.02. The van der Waals surface area contributed by atoms with E-state index in [2.05, 4.69) is 32.7 Å². The third-order valence-corrected chi connectivity index (χ3v) is 5.94. The molecule has 0 bridgehead atoms. The Balaban J connectivity index is 2.15. The van der Waals surface area contributed by atoms with Gasteiger partial charge in [-0.2, -0.15) is 5.10 Å². The van der Waals surface area contributed by atoms with Crippen LogP contribution >= 0.6 is 33.9 Å². The molecule has 3 aromatic rings. The van der Waals surface area contributed by atoms with Crippen molar-refractivity contribution in [1.82, 2.24) is 4.68 Å². The Hall–Kier alpha value is -2.33. The van der Waals surface area contributed by atoms with E-state index in [-0.39, 0.29) is 0 Å². The van der Waals surface area contributed by atoms with Crippen molar-refractivity contribution in [3.8, 4) is 28.5 Å². The molecule has 6 nitrogen and oxygen atoms in total. The lowest BCUT2D eigenvalue weighted by Crippen LogP contribution is -2.11. The molecule has 146 valence electrons. The molecule has 0 fully saturated rings. The number of benzene rings is 2. The van der Waals surface area contributed by atoms with E-state index in [1.54, 1.807) is 28.4 Å². The van der Waals surface area contributed by atoms with Crippen LogP contribution in [0.3, 0.4) is 0 Å². The molecule has 1 heterocycles. The van der Waals surface area contributed by atoms with E-state index in [0.717, 1.165) is 25.2 Å². The van der Waals surface area contributed by atoms with Crippen molar-refractivity contribution in [2.45, 2.75) is 0 Å². The molecule has 1 aromatic heterocycles. The third kappa shape index (κ3) is 4.07. The van der Waals surface area contributed by atoms with Gasteiger partial charge in [-0.15, -0.1) is 11.3 Å². The molecule has 0 unspecified atom stereocenters. The minimum atomic E-state index is 0.554. The first-order valence-corrected chi connectivity index (χ1v) is 10.3. The van der Waals surface area contributed by atoms with Gasteiger partial charge in [-0.05, 0) is 40.8 Å². The van der Waals surface area contributed by atoms with E-state index in [1.807, 2.05) is 52.7 Å². The van der Waals surface area contributed by atoms with E-state index in [1.165, 1.54) is 11.3 Å². The van der Waals surface area contributed by atoms with Crippen LogP contribution in [0.2, 0.25) is 0 Å². The Morgan fingerprint density at radius 1 is 1.04 bits per heavy atom. The van der Waals surface area contributed by atoms with Crippen LogP contribution < -0.4 is 19.0 Å². The summed E-state index contributed by atoms with van der Waals surface area (Å²) in [6.45, 7) is 0. The molecule has 0 spiro atoms. The standard InChI is InChI=1S/C20H20IN3O3S/c1-22-20-24(23-11-13-7-5-6-8-15(13)21)16(12-28-20)14-9-17(25-2)19(27-4)18(10-14)26-3/h5-12H,1-4H3/b22-20?,23-11+. The summed E-state index contributed by atoms with van der Waals surface area (Å²) in [6.07, 6.45) is 1.84. The first-order chi connectivity index (χ1) is 13.6. The van der Waals surface area contributed by atoms with Crippen molar-refractivity contribution in [3.63, 3.8) is 0 Å². The summed E-state index contributed by atoms with van der Waals surface area (Å²) in [5, 5.41) is 6.70. The maximum atomic E-state index is 5.49. The Bertz CT molecular complexity index is 1050. The van der Waals surface area contributed by atoms with E-state index >= 15 is 0 Å². The van der Waals surface area contributed by atoms with E-state index < -0.39 is 0 Å². The van der Waals surface area contributed by atoms with Crippen LogP contribution in [0.15, 0.2) is 51.9 Å². The maximum Gasteiger partial charge on any atom is 0.205 e. The molecule has 0 atom stereocenters. The van der Waals surface area contributed by atoms with Gasteiger partial charge in [0, 0.05) is 27.1 Å². The number of nitrogens with zero attached hydrogens (tertiary/aromatic N) is 3. The van der Waals surface area contributed by atoms with Gasteiger partial charge in [0.1, 0.15) is 0 Å². The van der Waals surface area contributed by atoms with Gasteiger partial charge >= 0.3 is 0 Å². The molecule has 8 heteroatoms. The summed E-state index contributed by atoms with van der Waals surface area (Å²) in [5.41, 5.74) is 2.81. The van der Waals surface area contributed by atoms with Gasteiger partial charge in [0.15, 0.2) is 11.5 Å². The zero-order valence-corrected chi connectivity index (χ0v) is 18.9. The van der Waals surface area contributed by atoms with Crippen LogP contribution in [0.5, 0.6) is 17.2 Å². The first-order valence-electron chi connectivity index (χ1n) is 8.35. The molecule has 28 heavy (non-hydrogen) atoms. The molecule has 0 amide bonds. The molecule has 0 radical (unpaired) electrons. The fourth-order valence-electron chi connectivity index (χ4n) is 2.69. The second kappa shape index (κ2) is 9.24. The summed E-state index contributed by atoms with van der Waals surface area (Å²) < 4.78 is 19.3. The maximum absolute atomic E-state index is 5.49. The van der Waals surface area contributed by atoms with Crippen molar-refractivity contribution in [1.29, 1.82) is 0 Å². The number of halogens is 1. The highest BCUT2D eigenvalue weighted by Gasteiger charge is 2.16. The minimum absolute atomic E-state index is 0.554. The van der Waals surface area contributed by atoms with Gasteiger partial charge in [0.25, 0.3) is 0 Å². The topological polar surface area (TPSA) is 57.3 Å². The van der Waals surface area contributed by atoms with Gasteiger partial charge in [0.2, 0.25) is 10.6 Å². The highest BCUT2D eigenvalue weighted by Crippen LogP contribution is 2.41. The van der Waals surface area contributed by atoms with Crippen LogP contribution in [-0.4, -0.2) is 39.3 Å². The predicted octanol–water partition coefficient (Wildman–Crippen LogP) is 4.26. The van der Waals surface area contributed by atoms with Crippen molar-refractivity contribution in [2.24, 2.45) is 10.1 Å². The normalized spacial score (nSPS) is 11.8. The molecular weight excluding hydrogens is 489 g/mol. The third-order valence-electron chi connectivity index (χ3n) is 4.05. The molecule has 3 rings (SSSR count). The van der Waals surface area contributed by atoms with Crippen LogP contribution in [0.4, 0.5) is 0 Å². The number of hydrogen-bond donors (Lipinski definition) is 0. The SMILES string of the molecule is CN=c1scc(-c2cc(OC)c(OC)c(OC)c2)n1/N=C/c1ccccc1I. The zero-order valence-electron chi connectivity index (χ0n) is 16.0. The Morgan fingerprint density at radius 2 is 1.71 bits per heavy atom. The number of thiazole rings is 1. The second-order valence-corrected chi connectivity index (χ2v) is 7.62. The first kappa shape index (κ1) is 20.4. The van der Waals surface area contributed by atoms with E-state index in [4.69, 9.17) is 14.2 Å².